The Hall–Kier alpha value is -2.53. The largest absolute Gasteiger partial charge is 0.484 e. The van der Waals surface area contributed by atoms with Crippen molar-refractivity contribution >= 4 is 23.5 Å². The Morgan fingerprint density at radius 1 is 1.15 bits per heavy atom. The van der Waals surface area contributed by atoms with Crippen LogP contribution in [0.3, 0.4) is 0 Å². The fraction of sp³-hybridized carbons (Fsp3) is 0.300. The number of amides is 1. The van der Waals surface area contributed by atoms with Crippen LogP contribution in [0.2, 0.25) is 5.02 Å². The van der Waals surface area contributed by atoms with E-state index in [1.54, 1.807) is 25.1 Å². The van der Waals surface area contributed by atoms with E-state index in [1.807, 2.05) is 37.3 Å². The van der Waals surface area contributed by atoms with Crippen molar-refractivity contribution in [2.24, 2.45) is 0 Å². The molecule has 0 aliphatic carbocycles. The number of halogens is 1. The second kappa shape index (κ2) is 9.82. The third-order valence-electron chi connectivity index (χ3n) is 3.68. The summed E-state index contributed by atoms with van der Waals surface area (Å²) in [5.74, 6) is -0.291. The summed E-state index contributed by atoms with van der Waals surface area (Å²) < 4.78 is 10.6. The highest BCUT2D eigenvalue weighted by Crippen LogP contribution is 2.21. The van der Waals surface area contributed by atoms with Gasteiger partial charge in [-0.15, -0.1) is 0 Å². The standard InChI is InChI=1S/C20H22ClNO4/c1-3-25-20(24)17(12-15-7-5-4-6-8-15)22-19(23)13-26-18-10-9-16(21)11-14(18)2/h4-11,17H,3,12-13H2,1-2H3,(H,22,23). The van der Waals surface area contributed by atoms with Gasteiger partial charge in [-0.25, -0.2) is 4.79 Å². The Kier molecular flexibility index (Phi) is 7.48. The van der Waals surface area contributed by atoms with Crippen molar-refractivity contribution in [3.8, 4) is 5.75 Å². The number of aryl methyl sites for hydroxylation is 1. The van der Waals surface area contributed by atoms with E-state index in [0.717, 1.165) is 11.1 Å². The van der Waals surface area contributed by atoms with Crippen LogP contribution >= 0.6 is 11.6 Å². The molecule has 0 bridgehead atoms. The van der Waals surface area contributed by atoms with Crippen LogP contribution in [-0.2, 0) is 20.7 Å². The minimum atomic E-state index is -0.764. The minimum Gasteiger partial charge on any atom is -0.484 e. The molecule has 2 aromatic rings. The molecule has 2 rings (SSSR count). The van der Waals surface area contributed by atoms with E-state index in [0.29, 0.717) is 17.2 Å². The zero-order valence-electron chi connectivity index (χ0n) is 14.8. The molecule has 0 saturated heterocycles. The van der Waals surface area contributed by atoms with E-state index in [4.69, 9.17) is 21.1 Å². The Labute approximate surface area is 158 Å². The van der Waals surface area contributed by atoms with E-state index in [1.165, 1.54) is 0 Å². The maximum atomic E-state index is 12.2. The fourth-order valence-corrected chi connectivity index (χ4v) is 2.67. The first kappa shape index (κ1) is 19.8. The molecule has 0 radical (unpaired) electrons. The molecular formula is C20H22ClNO4. The lowest BCUT2D eigenvalue weighted by molar-refractivity contribution is -0.147. The molecule has 1 atom stereocenters. The van der Waals surface area contributed by atoms with Crippen molar-refractivity contribution in [2.75, 3.05) is 13.2 Å². The van der Waals surface area contributed by atoms with E-state index < -0.39 is 17.9 Å². The molecule has 0 heterocycles. The Bertz CT molecular complexity index is 749. The van der Waals surface area contributed by atoms with Gasteiger partial charge >= 0.3 is 5.97 Å². The summed E-state index contributed by atoms with van der Waals surface area (Å²) in [6.07, 6.45) is 0.353. The maximum absolute atomic E-state index is 12.2. The summed E-state index contributed by atoms with van der Waals surface area (Å²) in [7, 11) is 0. The summed E-state index contributed by atoms with van der Waals surface area (Å²) in [6.45, 7) is 3.62. The number of hydrogen-bond donors (Lipinski definition) is 1. The van der Waals surface area contributed by atoms with Gasteiger partial charge in [-0.2, -0.15) is 0 Å². The highest BCUT2D eigenvalue weighted by Gasteiger charge is 2.22. The molecule has 26 heavy (non-hydrogen) atoms. The molecule has 6 heteroatoms. The number of carbonyl (C=O) groups is 2. The maximum Gasteiger partial charge on any atom is 0.328 e. The summed E-state index contributed by atoms with van der Waals surface area (Å²) in [6, 6.07) is 13.8. The predicted octanol–water partition coefficient (Wildman–Crippen LogP) is 3.32. The molecule has 0 aliphatic rings. The van der Waals surface area contributed by atoms with Gasteiger partial charge in [-0.1, -0.05) is 41.9 Å². The van der Waals surface area contributed by atoms with Crippen molar-refractivity contribution < 1.29 is 19.1 Å². The van der Waals surface area contributed by atoms with Crippen LogP contribution in [0.5, 0.6) is 5.75 Å². The van der Waals surface area contributed by atoms with Crippen LogP contribution < -0.4 is 10.1 Å². The smallest absolute Gasteiger partial charge is 0.328 e. The lowest BCUT2D eigenvalue weighted by Crippen LogP contribution is -2.45. The Balaban J connectivity index is 1.97. The zero-order chi connectivity index (χ0) is 18.9. The lowest BCUT2D eigenvalue weighted by Gasteiger charge is -2.18. The second-order valence-electron chi connectivity index (χ2n) is 5.76. The van der Waals surface area contributed by atoms with E-state index >= 15 is 0 Å². The van der Waals surface area contributed by atoms with Gasteiger partial charge in [0.1, 0.15) is 11.8 Å². The third-order valence-corrected chi connectivity index (χ3v) is 3.92. The van der Waals surface area contributed by atoms with Crippen LogP contribution in [-0.4, -0.2) is 31.1 Å². The molecule has 0 saturated carbocycles. The molecule has 1 unspecified atom stereocenters. The Morgan fingerprint density at radius 3 is 2.54 bits per heavy atom. The van der Waals surface area contributed by atoms with Gasteiger partial charge in [0, 0.05) is 11.4 Å². The van der Waals surface area contributed by atoms with Crippen molar-refractivity contribution in [1.29, 1.82) is 0 Å². The van der Waals surface area contributed by atoms with Gasteiger partial charge in [0.15, 0.2) is 6.61 Å². The number of carbonyl (C=O) groups excluding carboxylic acids is 2. The van der Waals surface area contributed by atoms with Gasteiger partial charge in [0.05, 0.1) is 6.61 Å². The van der Waals surface area contributed by atoms with Crippen LogP contribution in [0.15, 0.2) is 48.5 Å². The van der Waals surface area contributed by atoms with Gasteiger partial charge in [-0.05, 0) is 43.2 Å². The van der Waals surface area contributed by atoms with Crippen LogP contribution in [0.1, 0.15) is 18.1 Å². The molecule has 2 aromatic carbocycles. The average Bonchev–Trinajstić information content (AvgIpc) is 2.61. The van der Waals surface area contributed by atoms with E-state index in [2.05, 4.69) is 5.32 Å². The van der Waals surface area contributed by atoms with Crippen LogP contribution in [0.25, 0.3) is 0 Å². The van der Waals surface area contributed by atoms with Crippen LogP contribution in [0, 0.1) is 6.92 Å². The number of nitrogens with one attached hydrogen (secondary N) is 1. The highest BCUT2D eigenvalue weighted by molar-refractivity contribution is 6.30. The van der Waals surface area contributed by atoms with Crippen molar-refractivity contribution in [1.82, 2.24) is 5.32 Å². The summed E-state index contributed by atoms with van der Waals surface area (Å²) in [5, 5.41) is 3.29. The first-order valence-electron chi connectivity index (χ1n) is 8.38. The quantitative estimate of drug-likeness (QED) is 0.719. The lowest BCUT2D eigenvalue weighted by atomic mass is 10.1. The summed E-state index contributed by atoms with van der Waals surface area (Å²) in [4.78, 5) is 24.4. The van der Waals surface area contributed by atoms with Crippen molar-refractivity contribution in [2.45, 2.75) is 26.3 Å². The molecule has 1 N–H and O–H groups in total. The average molecular weight is 376 g/mol. The van der Waals surface area contributed by atoms with Gasteiger partial charge < -0.3 is 14.8 Å². The molecule has 0 aromatic heterocycles. The van der Waals surface area contributed by atoms with Gasteiger partial charge in [0.25, 0.3) is 5.91 Å². The number of benzene rings is 2. The first-order chi connectivity index (χ1) is 12.5. The molecule has 0 aliphatic heterocycles. The molecule has 0 fully saturated rings. The number of rotatable bonds is 8. The normalized spacial score (nSPS) is 11.5. The number of esters is 1. The van der Waals surface area contributed by atoms with Gasteiger partial charge in [0.2, 0.25) is 0 Å². The SMILES string of the molecule is CCOC(=O)C(Cc1ccccc1)NC(=O)COc1ccc(Cl)cc1C. The summed E-state index contributed by atoms with van der Waals surface area (Å²) in [5.41, 5.74) is 1.76. The van der Waals surface area contributed by atoms with E-state index in [9.17, 15) is 9.59 Å². The summed E-state index contributed by atoms with van der Waals surface area (Å²) >= 11 is 5.90. The molecular weight excluding hydrogens is 354 g/mol. The first-order valence-corrected chi connectivity index (χ1v) is 8.76. The highest BCUT2D eigenvalue weighted by atomic mass is 35.5. The predicted molar refractivity (Wildman–Crippen MR) is 100 cm³/mol. The fourth-order valence-electron chi connectivity index (χ4n) is 2.44. The zero-order valence-corrected chi connectivity index (χ0v) is 15.6. The van der Waals surface area contributed by atoms with Gasteiger partial charge in [-0.3, -0.25) is 4.79 Å². The third kappa shape index (κ3) is 6.08. The number of hydrogen-bond acceptors (Lipinski definition) is 4. The van der Waals surface area contributed by atoms with Crippen molar-refractivity contribution in [3.63, 3.8) is 0 Å². The van der Waals surface area contributed by atoms with Crippen molar-refractivity contribution in [3.05, 3.63) is 64.7 Å². The monoisotopic (exact) mass is 375 g/mol. The molecule has 1 amide bonds. The van der Waals surface area contributed by atoms with Crippen LogP contribution in [0.4, 0.5) is 0 Å². The Morgan fingerprint density at radius 2 is 1.88 bits per heavy atom. The molecule has 138 valence electrons. The minimum absolute atomic E-state index is 0.201. The second-order valence-corrected chi connectivity index (χ2v) is 6.20. The topological polar surface area (TPSA) is 64.6 Å². The van der Waals surface area contributed by atoms with E-state index in [-0.39, 0.29) is 13.2 Å². The molecule has 5 nitrogen and oxygen atoms in total. The molecule has 0 spiro atoms. The number of ether oxygens (including phenoxy) is 2.